The zero-order valence-corrected chi connectivity index (χ0v) is 10.5. The summed E-state index contributed by atoms with van der Waals surface area (Å²) >= 11 is 0. The quantitative estimate of drug-likeness (QED) is 0.736. The topological polar surface area (TPSA) is 29.3 Å². The molecule has 1 aromatic carbocycles. The Morgan fingerprint density at radius 3 is 2.44 bits per heavy atom. The van der Waals surface area contributed by atoms with Gasteiger partial charge in [-0.3, -0.25) is 0 Å². The fraction of sp³-hybridized carbons (Fsp3) is 0.462. The normalized spacial score (nSPS) is 12.1. The first kappa shape index (κ1) is 11.0. The van der Waals surface area contributed by atoms with Crippen molar-refractivity contribution in [2.24, 2.45) is 0 Å². The van der Waals surface area contributed by atoms with Crippen LogP contribution in [0.4, 0.5) is 5.69 Å². The van der Waals surface area contributed by atoms with Crippen LogP contribution in [0.5, 0.6) is 0 Å². The smallest absolute Gasteiger partial charge is 0.200 e. The molecule has 2 rings (SSSR count). The molecule has 0 N–H and O–H groups in total. The van der Waals surface area contributed by atoms with Crippen molar-refractivity contribution < 1.29 is 4.42 Å². The molecule has 0 bridgehead atoms. The zero-order valence-electron chi connectivity index (χ0n) is 10.5. The Morgan fingerprint density at radius 2 is 1.88 bits per heavy atom. The molecule has 3 nitrogen and oxygen atoms in total. The average molecular weight is 218 g/mol. The molecule has 0 aliphatic carbocycles. The van der Waals surface area contributed by atoms with Crippen molar-refractivity contribution in [3.8, 4) is 0 Å². The number of anilines is 1. The first-order valence-electron chi connectivity index (χ1n) is 5.46. The SMILES string of the molecule is CN(C)c1ccc2oc(C(C)(C)C)nc2c1. The van der Waals surface area contributed by atoms with Gasteiger partial charge >= 0.3 is 0 Å². The Balaban J connectivity index is 2.54. The van der Waals surface area contributed by atoms with Crippen molar-refractivity contribution in [1.29, 1.82) is 0 Å². The summed E-state index contributed by atoms with van der Waals surface area (Å²) in [7, 11) is 4.04. The van der Waals surface area contributed by atoms with E-state index in [9.17, 15) is 0 Å². The Labute approximate surface area is 96.1 Å². The van der Waals surface area contributed by atoms with E-state index >= 15 is 0 Å². The van der Waals surface area contributed by atoms with Crippen LogP contribution in [0.3, 0.4) is 0 Å². The van der Waals surface area contributed by atoms with E-state index in [2.05, 4.69) is 30.7 Å². The third-order valence-electron chi connectivity index (χ3n) is 2.53. The molecule has 0 fully saturated rings. The summed E-state index contributed by atoms with van der Waals surface area (Å²) in [6, 6.07) is 6.07. The second-order valence-corrected chi connectivity index (χ2v) is 5.32. The van der Waals surface area contributed by atoms with Crippen molar-refractivity contribution in [1.82, 2.24) is 4.98 Å². The molecule has 1 heterocycles. The maximum atomic E-state index is 5.74. The minimum absolute atomic E-state index is 0.0443. The molecule has 3 heteroatoms. The highest BCUT2D eigenvalue weighted by atomic mass is 16.3. The van der Waals surface area contributed by atoms with Gasteiger partial charge in [-0.15, -0.1) is 0 Å². The molecule has 0 saturated carbocycles. The van der Waals surface area contributed by atoms with E-state index < -0.39 is 0 Å². The minimum Gasteiger partial charge on any atom is -0.440 e. The fourth-order valence-electron chi connectivity index (χ4n) is 1.51. The Kier molecular flexibility index (Phi) is 2.41. The lowest BCUT2D eigenvalue weighted by molar-refractivity contribution is 0.411. The van der Waals surface area contributed by atoms with Crippen molar-refractivity contribution >= 4 is 16.8 Å². The van der Waals surface area contributed by atoms with Crippen LogP contribution in [0.15, 0.2) is 22.6 Å². The van der Waals surface area contributed by atoms with Gasteiger partial charge in [-0.05, 0) is 18.2 Å². The lowest BCUT2D eigenvalue weighted by Crippen LogP contribution is -2.11. The molecular formula is C13H18N2O. The molecule has 0 amide bonds. The number of rotatable bonds is 1. The Morgan fingerprint density at radius 1 is 1.19 bits per heavy atom. The second kappa shape index (κ2) is 3.51. The van der Waals surface area contributed by atoms with E-state index in [1.165, 1.54) is 0 Å². The molecule has 16 heavy (non-hydrogen) atoms. The summed E-state index contributed by atoms with van der Waals surface area (Å²) in [6.07, 6.45) is 0. The van der Waals surface area contributed by atoms with Crippen molar-refractivity contribution in [2.75, 3.05) is 19.0 Å². The standard InChI is InChI=1S/C13H18N2O/c1-13(2,3)12-14-10-8-9(15(4)5)6-7-11(10)16-12/h6-8H,1-5H3. The first-order chi connectivity index (χ1) is 7.38. The fourth-order valence-corrected chi connectivity index (χ4v) is 1.51. The van der Waals surface area contributed by atoms with Crippen LogP contribution in [0.2, 0.25) is 0 Å². The molecule has 0 atom stereocenters. The van der Waals surface area contributed by atoms with Crippen LogP contribution in [0.25, 0.3) is 11.1 Å². The molecule has 1 aromatic heterocycles. The Bertz CT molecular complexity index is 506. The number of fused-ring (bicyclic) bond motifs is 1. The van der Waals surface area contributed by atoms with Gasteiger partial charge in [0.05, 0.1) is 0 Å². The summed E-state index contributed by atoms with van der Waals surface area (Å²) in [4.78, 5) is 6.59. The highest BCUT2D eigenvalue weighted by Gasteiger charge is 2.20. The number of aromatic nitrogens is 1. The molecular weight excluding hydrogens is 200 g/mol. The highest BCUT2D eigenvalue weighted by molar-refractivity contribution is 5.77. The summed E-state index contributed by atoms with van der Waals surface area (Å²) in [6.45, 7) is 6.31. The van der Waals surface area contributed by atoms with Crippen LogP contribution in [-0.2, 0) is 5.41 Å². The lowest BCUT2D eigenvalue weighted by atomic mass is 9.97. The molecule has 0 aliphatic heterocycles. The monoisotopic (exact) mass is 218 g/mol. The van der Waals surface area contributed by atoms with Gasteiger partial charge in [-0.25, -0.2) is 4.98 Å². The van der Waals surface area contributed by atoms with Gasteiger partial charge in [-0.2, -0.15) is 0 Å². The van der Waals surface area contributed by atoms with Crippen molar-refractivity contribution in [3.05, 3.63) is 24.1 Å². The minimum atomic E-state index is -0.0443. The highest BCUT2D eigenvalue weighted by Crippen LogP contribution is 2.27. The van der Waals surface area contributed by atoms with Crippen LogP contribution in [0.1, 0.15) is 26.7 Å². The van der Waals surface area contributed by atoms with Gasteiger partial charge < -0.3 is 9.32 Å². The van der Waals surface area contributed by atoms with Gasteiger partial charge in [0.25, 0.3) is 0 Å². The zero-order chi connectivity index (χ0) is 11.9. The average Bonchev–Trinajstić information content (AvgIpc) is 2.58. The number of hydrogen-bond acceptors (Lipinski definition) is 3. The maximum absolute atomic E-state index is 5.74. The third-order valence-corrected chi connectivity index (χ3v) is 2.53. The number of oxazole rings is 1. The predicted octanol–water partition coefficient (Wildman–Crippen LogP) is 3.19. The second-order valence-electron chi connectivity index (χ2n) is 5.32. The first-order valence-corrected chi connectivity index (χ1v) is 5.46. The van der Waals surface area contributed by atoms with E-state index in [0.29, 0.717) is 0 Å². The summed E-state index contributed by atoms with van der Waals surface area (Å²) < 4.78 is 5.74. The van der Waals surface area contributed by atoms with Crippen LogP contribution in [-0.4, -0.2) is 19.1 Å². The number of hydrogen-bond donors (Lipinski definition) is 0. The summed E-state index contributed by atoms with van der Waals surface area (Å²) in [5, 5.41) is 0. The summed E-state index contributed by atoms with van der Waals surface area (Å²) in [5.41, 5.74) is 2.88. The molecule has 0 aliphatic rings. The van der Waals surface area contributed by atoms with Gasteiger partial charge in [0, 0.05) is 25.2 Å². The van der Waals surface area contributed by atoms with Crippen LogP contribution >= 0.6 is 0 Å². The van der Waals surface area contributed by atoms with Crippen molar-refractivity contribution in [2.45, 2.75) is 26.2 Å². The summed E-state index contributed by atoms with van der Waals surface area (Å²) in [5.74, 6) is 0.790. The van der Waals surface area contributed by atoms with Crippen LogP contribution in [0, 0.1) is 0 Å². The van der Waals surface area contributed by atoms with E-state index in [1.54, 1.807) is 0 Å². The van der Waals surface area contributed by atoms with E-state index in [1.807, 2.05) is 32.3 Å². The predicted molar refractivity (Wildman–Crippen MR) is 67.0 cm³/mol. The van der Waals surface area contributed by atoms with Crippen molar-refractivity contribution in [3.63, 3.8) is 0 Å². The molecule has 0 spiro atoms. The molecule has 0 radical (unpaired) electrons. The van der Waals surface area contributed by atoms with E-state index in [4.69, 9.17) is 4.42 Å². The molecule has 0 unspecified atom stereocenters. The van der Waals surface area contributed by atoms with Gasteiger partial charge in [0.15, 0.2) is 5.58 Å². The molecule has 2 aromatic rings. The third kappa shape index (κ3) is 1.90. The van der Waals surface area contributed by atoms with Gasteiger partial charge in [0.2, 0.25) is 5.89 Å². The lowest BCUT2D eigenvalue weighted by Gasteiger charge is -2.11. The van der Waals surface area contributed by atoms with E-state index in [-0.39, 0.29) is 5.41 Å². The van der Waals surface area contributed by atoms with Gasteiger partial charge in [0.1, 0.15) is 5.52 Å². The van der Waals surface area contributed by atoms with Crippen LogP contribution < -0.4 is 4.90 Å². The largest absolute Gasteiger partial charge is 0.440 e. The Hall–Kier alpha value is -1.51. The van der Waals surface area contributed by atoms with Gasteiger partial charge in [-0.1, -0.05) is 20.8 Å². The van der Waals surface area contributed by atoms with E-state index in [0.717, 1.165) is 22.7 Å². The molecule has 86 valence electrons. The maximum Gasteiger partial charge on any atom is 0.200 e. The number of benzene rings is 1. The molecule has 0 saturated heterocycles. The number of nitrogens with zero attached hydrogens (tertiary/aromatic N) is 2.